The van der Waals surface area contributed by atoms with Gasteiger partial charge in [-0.15, -0.1) is 0 Å². The highest BCUT2D eigenvalue weighted by atomic mass is 19.4. The van der Waals surface area contributed by atoms with Gasteiger partial charge in [-0.2, -0.15) is 13.2 Å². The molecule has 1 unspecified atom stereocenters. The van der Waals surface area contributed by atoms with E-state index in [1.807, 2.05) is 0 Å². The number of phenolic OH excluding ortho intramolecular Hbond substituents is 2. The number of amides is 2. The van der Waals surface area contributed by atoms with Crippen molar-refractivity contribution in [1.29, 1.82) is 0 Å². The zero-order chi connectivity index (χ0) is 37.7. The van der Waals surface area contributed by atoms with Crippen LogP contribution in [0.15, 0.2) is 48.5 Å². The summed E-state index contributed by atoms with van der Waals surface area (Å²) in [5.74, 6) is -4.89. The lowest BCUT2D eigenvalue weighted by Crippen LogP contribution is -2.57. The Labute approximate surface area is 293 Å². The lowest BCUT2D eigenvalue weighted by Gasteiger charge is -2.43. The fourth-order valence-corrected chi connectivity index (χ4v) is 6.73. The lowest BCUT2D eigenvalue weighted by molar-refractivity contribution is -0.252. The van der Waals surface area contributed by atoms with Crippen LogP contribution in [-0.4, -0.2) is 94.0 Å². The van der Waals surface area contributed by atoms with Crippen molar-refractivity contribution in [3.8, 4) is 17.2 Å². The van der Waals surface area contributed by atoms with E-state index in [2.05, 4.69) is 5.32 Å². The Morgan fingerprint density at radius 1 is 1.00 bits per heavy atom. The van der Waals surface area contributed by atoms with Gasteiger partial charge in [-0.3, -0.25) is 19.7 Å². The highest BCUT2D eigenvalue weighted by Gasteiger charge is 2.49. The van der Waals surface area contributed by atoms with Crippen molar-refractivity contribution in [3.05, 3.63) is 81.9 Å². The molecule has 1 saturated heterocycles. The minimum Gasteiger partial charge on any atom is -0.507 e. The second kappa shape index (κ2) is 13.7. The molecule has 6 atom stereocenters. The van der Waals surface area contributed by atoms with Crippen LogP contribution in [0.3, 0.4) is 0 Å². The number of aromatic hydroxyl groups is 2. The number of methoxy groups -OCH3 is 1. The smallest absolute Gasteiger partial charge is 0.471 e. The molecule has 0 bridgehead atoms. The molecular formula is C35H33F3N2O12. The third kappa shape index (κ3) is 6.87. The minimum atomic E-state index is -5.26. The summed E-state index contributed by atoms with van der Waals surface area (Å²) in [7, 11) is 1.46. The summed E-state index contributed by atoms with van der Waals surface area (Å²) in [5, 5.41) is 49.8. The van der Waals surface area contributed by atoms with Gasteiger partial charge in [0.25, 0.3) is 0 Å². The fraction of sp³-hybridized carbons (Fsp3) is 0.371. The Bertz CT molecular complexity index is 1940. The zero-order valence-electron chi connectivity index (χ0n) is 27.5. The van der Waals surface area contributed by atoms with E-state index >= 15 is 0 Å². The van der Waals surface area contributed by atoms with Crippen LogP contribution in [0.25, 0.3) is 0 Å². The average Bonchev–Trinajstić information content (AvgIpc) is 3.09. The number of nitrogens with one attached hydrogen (secondary N) is 2. The molecule has 0 spiro atoms. The van der Waals surface area contributed by atoms with Gasteiger partial charge < -0.3 is 44.7 Å². The molecule has 6 rings (SSSR count). The maximum absolute atomic E-state index is 13.6. The van der Waals surface area contributed by atoms with Crippen LogP contribution < -0.4 is 15.4 Å². The molecule has 2 aliphatic carbocycles. The number of anilines is 1. The SMILES string of the molecule is COc1ccc(NC(=O)OCC2(O)Cc3c(O)c4c(c(O)c3[C@@H](O[C@H]3C[C@H](NC(=O)C(F)(F)F)[C@@H](O)[C@@H](C)O3)C2)C(=O)c2ccccc2C4=O)cc1. The van der Waals surface area contributed by atoms with Gasteiger partial charge in [0.2, 0.25) is 0 Å². The molecule has 3 aromatic carbocycles. The van der Waals surface area contributed by atoms with E-state index in [-0.39, 0.29) is 22.3 Å². The number of ether oxygens (including phenoxy) is 4. The largest absolute Gasteiger partial charge is 0.507 e. The van der Waals surface area contributed by atoms with Crippen LogP contribution in [0.1, 0.15) is 68.8 Å². The maximum Gasteiger partial charge on any atom is 0.471 e. The molecule has 1 heterocycles. The van der Waals surface area contributed by atoms with Crippen molar-refractivity contribution in [2.24, 2.45) is 0 Å². The number of ketones is 2. The standard InChI is InChI=1S/C35H33F3N2O12/c1-15-27(41)21(40-32(46)35(36,37)38)11-23(51-15)52-22-13-34(48,14-50-33(47)39-16-7-9-17(49-2)10-8-16)12-20-24(22)31(45)26-25(30(20)44)28(42)18-5-3-4-6-19(18)29(26)43/h3-10,15,21-23,27,41,44-45,48H,11-14H2,1-2H3,(H,39,47)(H,40,46)/t15-,21+,22+,23+,27+,34?/m1/s1. The third-order valence-electron chi connectivity index (χ3n) is 9.26. The molecule has 276 valence electrons. The quantitative estimate of drug-likeness (QED) is 0.151. The molecular weight excluding hydrogens is 697 g/mol. The average molecular weight is 731 g/mol. The lowest BCUT2D eigenvalue weighted by atomic mass is 9.73. The zero-order valence-corrected chi connectivity index (χ0v) is 27.5. The minimum absolute atomic E-state index is 0.0397. The van der Waals surface area contributed by atoms with Gasteiger partial charge >= 0.3 is 18.2 Å². The van der Waals surface area contributed by atoms with Crippen LogP contribution >= 0.6 is 0 Å². The molecule has 52 heavy (non-hydrogen) atoms. The number of hydrogen-bond donors (Lipinski definition) is 6. The van der Waals surface area contributed by atoms with Gasteiger partial charge in [0.1, 0.15) is 35.6 Å². The van der Waals surface area contributed by atoms with E-state index in [1.54, 1.807) is 17.4 Å². The van der Waals surface area contributed by atoms with Crippen LogP contribution in [0.2, 0.25) is 0 Å². The van der Waals surface area contributed by atoms with Crippen LogP contribution in [0.5, 0.6) is 17.2 Å². The highest BCUT2D eigenvalue weighted by Crippen LogP contribution is 2.52. The van der Waals surface area contributed by atoms with E-state index in [1.165, 1.54) is 50.4 Å². The first kappa shape index (κ1) is 36.6. The van der Waals surface area contributed by atoms with Gasteiger partial charge in [0, 0.05) is 47.2 Å². The number of carbonyl (C=O) groups is 4. The number of aliphatic hydroxyl groups excluding tert-OH is 1. The summed E-state index contributed by atoms with van der Waals surface area (Å²) < 4.78 is 61.4. The van der Waals surface area contributed by atoms with Gasteiger partial charge in [-0.05, 0) is 31.2 Å². The summed E-state index contributed by atoms with van der Waals surface area (Å²) in [6, 6.07) is 10.5. The Morgan fingerprint density at radius 2 is 1.62 bits per heavy atom. The van der Waals surface area contributed by atoms with Crippen LogP contribution in [-0.2, 0) is 25.4 Å². The molecule has 6 N–H and O–H groups in total. The van der Waals surface area contributed by atoms with Gasteiger partial charge in [-0.1, -0.05) is 24.3 Å². The predicted molar refractivity (Wildman–Crippen MR) is 171 cm³/mol. The summed E-state index contributed by atoms with van der Waals surface area (Å²) in [5.41, 5.74) is -3.36. The van der Waals surface area contributed by atoms with E-state index in [9.17, 15) is 52.8 Å². The Morgan fingerprint density at radius 3 is 2.21 bits per heavy atom. The summed E-state index contributed by atoms with van der Waals surface area (Å²) in [6.45, 7) is 0.584. The fourth-order valence-electron chi connectivity index (χ4n) is 6.73. The number of phenols is 2. The van der Waals surface area contributed by atoms with Crippen molar-refractivity contribution >= 4 is 29.3 Å². The van der Waals surface area contributed by atoms with Crippen molar-refractivity contribution in [3.63, 3.8) is 0 Å². The molecule has 1 fully saturated rings. The summed E-state index contributed by atoms with van der Waals surface area (Å²) in [6.07, 6.45) is -13.6. The number of fused-ring (bicyclic) bond motifs is 3. The molecule has 3 aromatic rings. The molecule has 0 aromatic heterocycles. The first-order valence-corrected chi connectivity index (χ1v) is 16.0. The first-order valence-electron chi connectivity index (χ1n) is 16.0. The van der Waals surface area contributed by atoms with Crippen molar-refractivity contribution in [2.45, 2.75) is 68.6 Å². The van der Waals surface area contributed by atoms with Gasteiger partial charge in [-0.25, -0.2) is 4.79 Å². The van der Waals surface area contributed by atoms with Crippen molar-refractivity contribution < 1.29 is 71.7 Å². The normalized spacial score (nSPS) is 25.3. The van der Waals surface area contributed by atoms with E-state index in [4.69, 9.17) is 18.9 Å². The number of rotatable bonds is 7. The van der Waals surface area contributed by atoms with Crippen LogP contribution in [0.4, 0.5) is 23.7 Å². The molecule has 0 radical (unpaired) electrons. The molecule has 17 heteroatoms. The van der Waals surface area contributed by atoms with E-state index in [0.29, 0.717) is 11.4 Å². The summed E-state index contributed by atoms with van der Waals surface area (Å²) >= 11 is 0. The maximum atomic E-state index is 13.6. The molecule has 0 saturated carbocycles. The number of alkyl halides is 3. The number of halogens is 3. The van der Waals surface area contributed by atoms with Gasteiger partial charge in [0.15, 0.2) is 17.9 Å². The first-order chi connectivity index (χ1) is 24.5. The number of benzene rings is 3. The Kier molecular flexibility index (Phi) is 9.65. The molecule has 2 amide bonds. The topological polar surface area (TPSA) is 210 Å². The van der Waals surface area contributed by atoms with Gasteiger partial charge in [0.05, 0.1) is 36.5 Å². The molecule has 3 aliphatic rings. The van der Waals surface area contributed by atoms with E-state index in [0.717, 1.165) is 0 Å². The summed E-state index contributed by atoms with van der Waals surface area (Å²) in [4.78, 5) is 51.7. The molecule has 1 aliphatic heterocycles. The molecule has 14 nitrogen and oxygen atoms in total. The number of aliphatic hydroxyl groups is 2. The monoisotopic (exact) mass is 730 g/mol. The van der Waals surface area contributed by atoms with Crippen molar-refractivity contribution in [1.82, 2.24) is 5.32 Å². The number of hydrogen-bond acceptors (Lipinski definition) is 12. The highest BCUT2D eigenvalue weighted by molar-refractivity contribution is 6.30. The number of carbonyl (C=O) groups excluding carboxylic acids is 4. The Balaban J connectivity index is 1.34. The second-order valence-corrected chi connectivity index (χ2v) is 12.8. The Hall–Kier alpha value is -5.23. The third-order valence-corrected chi connectivity index (χ3v) is 9.26. The van der Waals surface area contributed by atoms with Crippen molar-refractivity contribution in [2.75, 3.05) is 19.0 Å². The predicted octanol–water partition coefficient (Wildman–Crippen LogP) is 3.41. The van der Waals surface area contributed by atoms with E-state index < -0.39 is 114 Å². The van der Waals surface area contributed by atoms with Crippen LogP contribution in [0, 0.1) is 0 Å². The second-order valence-electron chi connectivity index (χ2n) is 12.8.